The van der Waals surface area contributed by atoms with Gasteiger partial charge in [-0.25, -0.2) is 4.79 Å². The van der Waals surface area contributed by atoms with Crippen LogP contribution >= 0.6 is 23.5 Å². The number of carbonyl (C=O) groups excluding carboxylic acids is 2. The van der Waals surface area contributed by atoms with Crippen LogP contribution in [0.2, 0.25) is 0 Å². The second-order valence-corrected chi connectivity index (χ2v) is 8.15. The summed E-state index contributed by atoms with van der Waals surface area (Å²) in [7, 11) is 1.54. The van der Waals surface area contributed by atoms with Gasteiger partial charge in [0.25, 0.3) is 0 Å². The number of carbonyl (C=O) groups is 2. The van der Waals surface area contributed by atoms with E-state index >= 15 is 0 Å². The normalized spacial score (nSPS) is 14.3. The van der Waals surface area contributed by atoms with Crippen molar-refractivity contribution < 1.29 is 19.1 Å². The Morgan fingerprint density at radius 1 is 1.04 bits per heavy atom. The van der Waals surface area contributed by atoms with Gasteiger partial charge in [-0.3, -0.25) is 4.79 Å². The van der Waals surface area contributed by atoms with Crippen molar-refractivity contribution in [3.63, 3.8) is 0 Å². The van der Waals surface area contributed by atoms with E-state index in [-0.39, 0.29) is 12.4 Å². The predicted octanol–water partition coefficient (Wildman–Crippen LogP) is 4.21. The van der Waals surface area contributed by atoms with E-state index in [1.165, 1.54) is 12.7 Å². The highest BCUT2D eigenvalue weighted by Crippen LogP contribution is 2.45. The number of hydrogen-bond donors (Lipinski definition) is 0. The van der Waals surface area contributed by atoms with Gasteiger partial charge >= 0.3 is 5.97 Å². The second kappa shape index (κ2) is 8.45. The van der Waals surface area contributed by atoms with E-state index in [0.29, 0.717) is 21.5 Å². The van der Waals surface area contributed by atoms with Crippen LogP contribution in [-0.4, -0.2) is 37.0 Å². The molecule has 1 fully saturated rings. The average Bonchev–Trinajstić information content (AvgIpc) is 3.20. The number of benzene rings is 2. The number of ketones is 1. The van der Waals surface area contributed by atoms with Crippen molar-refractivity contribution in [1.29, 1.82) is 0 Å². The maximum atomic E-state index is 12.1. The lowest BCUT2D eigenvalue weighted by Crippen LogP contribution is -2.14. The molecule has 0 unspecified atom stereocenters. The molecule has 1 aliphatic rings. The molecule has 3 rings (SSSR count). The van der Waals surface area contributed by atoms with Gasteiger partial charge in [0.1, 0.15) is 5.75 Å². The van der Waals surface area contributed by atoms with Crippen LogP contribution < -0.4 is 4.74 Å². The lowest BCUT2D eigenvalue weighted by molar-refractivity contribution is 0.0474. The number of methoxy groups -OCH3 is 1. The molecule has 1 aliphatic heterocycles. The van der Waals surface area contributed by atoms with Crippen molar-refractivity contribution >= 4 is 35.3 Å². The highest BCUT2D eigenvalue weighted by molar-refractivity contribution is 8.19. The summed E-state index contributed by atoms with van der Waals surface area (Å²) in [4.78, 5) is 24.3. The van der Waals surface area contributed by atoms with E-state index in [0.717, 1.165) is 11.5 Å². The molecule has 0 bridgehead atoms. The summed E-state index contributed by atoms with van der Waals surface area (Å²) in [6.45, 7) is -0.290. The summed E-state index contributed by atoms with van der Waals surface area (Å²) in [6, 6.07) is 14.2. The fraction of sp³-hybridized carbons (Fsp3) is 0.263. The van der Waals surface area contributed by atoms with Crippen molar-refractivity contribution in [3.05, 3.63) is 65.2 Å². The third-order valence-corrected chi connectivity index (χ3v) is 6.87. The van der Waals surface area contributed by atoms with Gasteiger partial charge in [0.05, 0.1) is 17.3 Å². The highest BCUT2D eigenvalue weighted by Gasteiger charge is 2.19. The minimum atomic E-state index is -0.491. The Balaban J connectivity index is 1.57. The van der Waals surface area contributed by atoms with Crippen molar-refractivity contribution in [2.24, 2.45) is 0 Å². The molecule has 0 saturated carbocycles. The van der Waals surface area contributed by atoms with Crippen molar-refractivity contribution in [1.82, 2.24) is 0 Å². The summed E-state index contributed by atoms with van der Waals surface area (Å²) in [5.74, 6) is 2.16. The van der Waals surface area contributed by atoms with Crippen LogP contribution in [0, 0.1) is 0 Å². The molecule has 6 heteroatoms. The summed E-state index contributed by atoms with van der Waals surface area (Å²) >= 11 is 3.83. The van der Waals surface area contributed by atoms with E-state index in [4.69, 9.17) is 9.47 Å². The van der Waals surface area contributed by atoms with Gasteiger partial charge in [0, 0.05) is 17.1 Å². The molecule has 130 valence electrons. The highest BCUT2D eigenvalue weighted by atomic mass is 32.2. The number of esters is 1. The Morgan fingerprint density at radius 3 is 2.44 bits per heavy atom. The molecule has 25 heavy (non-hydrogen) atoms. The minimum absolute atomic E-state index is 0.261. The lowest BCUT2D eigenvalue weighted by atomic mass is 10.1. The van der Waals surface area contributed by atoms with Crippen LogP contribution in [0.25, 0.3) is 0 Å². The molecule has 4 nitrogen and oxygen atoms in total. The first-order valence-electron chi connectivity index (χ1n) is 7.85. The zero-order chi connectivity index (χ0) is 17.6. The fourth-order valence-electron chi connectivity index (χ4n) is 2.42. The zero-order valence-electron chi connectivity index (χ0n) is 13.8. The van der Waals surface area contributed by atoms with E-state index in [1.54, 1.807) is 36.4 Å². The van der Waals surface area contributed by atoms with Gasteiger partial charge in [-0.05, 0) is 29.8 Å². The van der Waals surface area contributed by atoms with Crippen LogP contribution in [0.3, 0.4) is 0 Å². The predicted molar refractivity (Wildman–Crippen MR) is 102 cm³/mol. The molecule has 0 radical (unpaired) electrons. The first kappa shape index (κ1) is 17.9. The van der Waals surface area contributed by atoms with E-state index in [2.05, 4.69) is 0 Å². The number of thioether (sulfide) groups is 2. The first-order valence-corrected chi connectivity index (χ1v) is 9.94. The molecule has 0 aliphatic carbocycles. The topological polar surface area (TPSA) is 52.6 Å². The van der Waals surface area contributed by atoms with E-state index in [1.807, 2.05) is 35.7 Å². The molecule has 0 atom stereocenters. The summed E-state index contributed by atoms with van der Waals surface area (Å²) < 4.78 is 10.7. The monoisotopic (exact) mass is 374 g/mol. The summed E-state index contributed by atoms with van der Waals surface area (Å²) in [5, 5.41) is 0. The largest absolute Gasteiger partial charge is 0.497 e. The van der Waals surface area contributed by atoms with E-state index in [9.17, 15) is 9.59 Å². The summed E-state index contributed by atoms with van der Waals surface area (Å²) in [5.41, 5.74) is 2.12. The zero-order valence-corrected chi connectivity index (χ0v) is 15.4. The van der Waals surface area contributed by atoms with Crippen molar-refractivity contribution in [2.75, 3.05) is 25.2 Å². The molecule has 2 aromatic rings. The smallest absolute Gasteiger partial charge is 0.338 e. The van der Waals surface area contributed by atoms with Crippen LogP contribution in [0.15, 0.2) is 48.5 Å². The molecule has 0 amide bonds. The Bertz CT molecular complexity index is 752. The number of hydrogen-bond acceptors (Lipinski definition) is 6. The van der Waals surface area contributed by atoms with Crippen LogP contribution in [0.4, 0.5) is 0 Å². The third-order valence-electron chi connectivity index (χ3n) is 3.77. The lowest BCUT2D eigenvalue weighted by Gasteiger charge is -2.09. The van der Waals surface area contributed by atoms with Crippen molar-refractivity contribution in [2.45, 2.75) is 4.58 Å². The van der Waals surface area contributed by atoms with Gasteiger partial charge in [0.15, 0.2) is 12.4 Å². The molecule has 1 heterocycles. The molecule has 1 saturated heterocycles. The third kappa shape index (κ3) is 4.58. The Hall–Kier alpha value is -1.92. The van der Waals surface area contributed by atoms with E-state index < -0.39 is 5.97 Å². The SMILES string of the molecule is COc1cccc(C(=O)COC(=O)c2ccc(C3SCCS3)cc2)c1. The van der Waals surface area contributed by atoms with Gasteiger partial charge < -0.3 is 9.47 Å². The summed E-state index contributed by atoms with van der Waals surface area (Å²) in [6.07, 6.45) is 0. The second-order valence-electron chi connectivity index (χ2n) is 5.43. The molecule has 0 N–H and O–H groups in total. The van der Waals surface area contributed by atoms with Crippen LogP contribution in [0.1, 0.15) is 30.9 Å². The number of rotatable bonds is 6. The maximum absolute atomic E-state index is 12.1. The quantitative estimate of drug-likeness (QED) is 0.558. The Labute approximate surface area is 155 Å². The van der Waals surface area contributed by atoms with Crippen LogP contribution in [0.5, 0.6) is 5.75 Å². The molecular formula is C19H18O4S2. The standard InChI is InChI=1S/C19H18O4S2/c1-22-16-4-2-3-15(11-16)17(20)12-23-18(21)13-5-7-14(8-6-13)19-24-9-10-25-19/h2-8,11,19H,9-10,12H2,1H3. The van der Waals surface area contributed by atoms with Crippen molar-refractivity contribution in [3.8, 4) is 5.75 Å². The van der Waals surface area contributed by atoms with Gasteiger partial charge in [-0.15, -0.1) is 23.5 Å². The fourth-order valence-corrected chi connectivity index (χ4v) is 5.28. The first-order chi connectivity index (χ1) is 12.2. The average molecular weight is 374 g/mol. The number of ether oxygens (including phenoxy) is 2. The Morgan fingerprint density at radius 2 is 1.76 bits per heavy atom. The molecule has 0 aromatic heterocycles. The van der Waals surface area contributed by atoms with Gasteiger partial charge in [0.2, 0.25) is 0 Å². The van der Waals surface area contributed by atoms with Crippen LogP contribution in [-0.2, 0) is 4.74 Å². The molecule has 2 aromatic carbocycles. The van der Waals surface area contributed by atoms with Gasteiger partial charge in [-0.2, -0.15) is 0 Å². The molecular weight excluding hydrogens is 356 g/mol. The minimum Gasteiger partial charge on any atom is -0.497 e. The van der Waals surface area contributed by atoms with Gasteiger partial charge in [-0.1, -0.05) is 24.3 Å². The maximum Gasteiger partial charge on any atom is 0.338 e. The Kier molecular flexibility index (Phi) is 6.04. The molecule has 0 spiro atoms. The number of Topliss-reactive ketones (excluding diaryl/α,β-unsaturated/α-hetero) is 1.